The number of nitrogens with one attached hydrogen (secondary N) is 1. The Morgan fingerprint density at radius 3 is 2.10 bits per heavy atom. The fraction of sp³-hybridized carbons (Fsp3) is 0.667. The molecule has 0 radical (unpaired) electrons. The second-order valence-electron chi connectivity index (χ2n) is 5.42. The van der Waals surface area contributed by atoms with Crippen molar-refractivity contribution < 1.29 is 4.74 Å². The van der Waals surface area contributed by atoms with Gasteiger partial charge in [-0.25, -0.2) is 0 Å². The second kappa shape index (κ2) is 11.6. The van der Waals surface area contributed by atoms with Gasteiger partial charge in [-0.05, 0) is 37.1 Å². The van der Waals surface area contributed by atoms with Crippen molar-refractivity contribution in [1.29, 1.82) is 0 Å². The number of benzene rings is 1. The average Bonchev–Trinajstić information content (AvgIpc) is 2.48. The van der Waals surface area contributed by atoms with Crippen molar-refractivity contribution in [2.75, 3.05) is 18.5 Å². The molecule has 0 aromatic heterocycles. The lowest BCUT2D eigenvalue weighted by Gasteiger charge is -2.09. The highest BCUT2D eigenvalue weighted by molar-refractivity contribution is 5.46. The summed E-state index contributed by atoms with van der Waals surface area (Å²) >= 11 is 0. The molecule has 1 aromatic carbocycles. The number of ether oxygens (including phenoxy) is 1. The normalized spacial score (nSPS) is 10.5. The highest BCUT2D eigenvalue weighted by Gasteiger charge is 1.96. The Morgan fingerprint density at radius 1 is 0.800 bits per heavy atom. The number of hydrogen-bond donors (Lipinski definition) is 1. The summed E-state index contributed by atoms with van der Waals surface area (Å²) in [6, 6.07) is 8.35. The Morgan fingerprint density at radius 2 is 1.45 bits per heavy atom. The van der Waals surface area contributed by atoms with E-state index in [0.717, 1.165) is 25.3 Å². The number of anilines is 1. The van der Waals surface area contributed by atoms with E-state index in [1.54, 1.807) is 0 Å². The smallest absolute Gasteiger partial charge is 0.119 e. The van der Waals surface area contributed by atoms with Gasteiger partial charge in [0, 0.05) is 12.2 Å². The second-order valence-corrected chi connectivity index (χ2v) is 5.42. The summed E-state index contributed by atoms with van der Waals surface area (Å²) < 4.78 is 5.74. The largest absolute Gasteiger partial charge is 0.494 e. The average molecular weight is 277 g/mol. The molecule has 0 spiro atoms. The van der Waals surface area contributed by atoms with Crippen molar-refractivity contribution in [2.24, 2.45) is 0 Å². The number of rotatable bonds is 12. The van der Waals surface area contributed by atoms with Crippen LogP contribution in [-0.2, 0) is 0 Å². The Bertz CT molecular complexity index is 288. The summed E-state index contributed by atoms with van der Waals surface area (Å²) in [5.74, 6) is 0.984. The van der Waals surface area contributed by atoms with Crippen LogP contribution in [0.1, 0.15) is 65.2 Å². The zero-order valence-electron chi connectivity index (χ0n) is 13.3. The van der Waals surface area contributed by atoms with Crippen molar-refractivity contribution >= 4 is 5.69 Å². The molecule has 0 bridgehead atoms. The quantitative estimate of drug-likeness (QED) is 0.499. The van der Waals surface area contributed by atoms with Crippen molar-refractivity contribution in [3.63, 3.8) is 0 Å². The fourth-order valence-corrected chi connectivity index (χ4v) is 2.17. The van der Waals surface area contributed by atoms with E-state index < -0.39 is 0 Å². The fourth-order valence-electron chi connectivity index (χ4n) is 2.17. The van der Waals surface area contributed by atoms with Crippen LogP contribution in [0.25, 0.3) is 0 Å². The first-order valence-corrected chi connectivity index (χ1v) is 8.33. The molecule has 0 atom stereocenters. The van der Waals surface area contributed by atoms with E-state index in [0.29, 0.717) is 0 Å². The molecule has 0 fully saturated rings. The third kappa shape index (κ3) is 8.08. The summed E-state index contributed by atoms with van der Waals surface area (Å²) in [5.41, 5.74) is 1.19. The van der Waals surface area contributed by atoms with Crippen molar-refractivity contribution in [3.8, 4) is 5.75 Å². The van der Waals surface area contributed by atoms with Crippen LogP contribution in [0.4, 0.5) is 5.69 Å². The van der Waals surface area contributed by atoms with Crippen LogP contribution in [0.15, 0.2) is 24.3 Å². The maximum absolute atomic E-state index is 5.74. The zero-order valence-corrected chi connectivity index (χ0v) is 13.3. The predicted octanol–water partition coefficient (Wildman–Crippen LogP) is 5.64. The van der Waals surface area contributed by atoms with E-state index in [9.17, 15) is 0 Å². The van der Waals surface area contributed by atoms with Gasteiger partial charge in [0.05, 0.1) is 6.61 Å². The molecule has 1 N–H and O–H groups in total. The summed E-state index contributed by atoms with van der Waals surface area (Å²) in [5, 5.41) is 3.46. The van der Waals surface area contributed by atoms with E-state index in [2.05, 4.69) is 43.4 Å². The van der Waals surface area contributed by atoms with Gasteiger partial charge in [0.1, 0.15) is 5.75 Å². The Kier molecular flexibility index (Phi) is 9.81. The molecule has 2 heteroatoms. The molecule has 0 amide bonds. The molecule has 0 heterocycles. The molecule has 114 valence electrons. The van der Waals surface area contributed by atoms with Gasteiger partial charge < -0.3 is 10.1 Å². The first-order chi connectivity index (χ1) is 9.86. The van der Waals surface area contributed by atoms with Gasteiger partial charge >= 0.3 is 0 Å². The molecule has 0 saturated heterocycles. The maximum Gasteiger partial charge on any atom is 0.119 e. The van der Waals surface area contributed by atoms with E-state index in [1.807, 2.05) is 0 Å². The first kappa shape index (κ1) is 16.9. The Balaban J connectivity index is 2.13. The zero-order chi connectivity index (χ0) is 14.5. The highest BCUT2D eigenvalue weighted by Crippen LogP contribution is 2.16. The molecule has 2 nitrogen and oxygen atoms in total. The lowest BCUT2D eigenvalue weighted by atomic mass is 10.2. The van der Waals surface area contributed by atoms with Gasteiger partial charge in [-0.1, -0.05) is 52.4 Å². The SMILES string of the molecule is CCCCCCNc1ccc(OCCCCCC)cc1. The third-order valence-electron chi connectivity index (χ3n) is 3.48. The lowest BCUT2D eigenvalue weighted by molar-refractivity contribution is 0.305. The molecule has 0 unspecified atom stereocenters. The maximum atomic E-state index is 5.74. The minimum atomic E-state index is 0.837. The summed E-state index contributed by atoms with van der Waals surface area (Å²) in [4.78, 5) is 0. The molecular weight excluding hydrogens is 246 g/mol. The first-order valence-electron chi connectivity index (χ1n) is 8.33. The van der Waals surface area contributed by atoms with Gasteiger partial charge in [0.15, 0.2) is 0 Å². The van der Waals surface area contributed by atoms with E-state index in [4.69, 9.17) is 4.74 Å². The van der Waals surface area contributed by atoms with Crippen molar-refractivity contribution in [3.05, 3.63) is 24.3 Å². The molecule has 1 rings (SSSR count). The number of unbranched alkanes of at least 4 members (excludes halogenated alkanes) is 6. The molecule has 0 aliphatic rings. The van der Waals surface area contributed by atoms with Crippen LogP contribution >= 0.6 is 0 Å². The van der Waals surface area contributed by atoms with Gasteiger partial charge in [0.25, 0.3) is 0 Å². The lowest BCUT2D eigenvalue weighted by Crippen LogP contribution is -2.01. The van der Waals surface area contributed by atoms with Gasteiger partial charge in [-0.3, -0.25) is 0 Å². The predicted molar refractivity (Wildman–Crippen MR) is 88.7 cm³/mol. The van der Waals surface area contributed by atoms with Crippen LogP contribution in [0, 0.1) is 0 Å². The minimum Gasteiger partial charge on any atom is -0.494 e. The molecule has 20 heavy (non-hydrogen) atoms. The third-order valence-corrected chi connectivity index (χ3v) is 3.48. The molecular formula is C18H31NO. The van der Waals surface area contributed by atoms with Gasteiger partial charge in [-0.15, -0.1) is 0 Å². The molecule has 1 aromatic rings. The van der Waals surface area contributed by atoms with Crippen LogP contribution in [0.2, 0.25) is 0 Å². The summed E-state index contributed by atoms with van der Waals surface area (Å²) in [6.45, 7) is 6.38. The van der Waals surface area contributed by atoms with Crippen LogP contribution in [0.3, 0.4) is 0 Å². The Labute approximate surface area is 124 Å². The minimum absolute atomic E-state index is 0.837. The van der Waals surface area contributed by atoms with E-state index in [-0.39, 0.29) is 0 Å². The van der Waals surface area contributed by atoms with E-state index in [1.165, 1.54) is 50.6 Å². The van der Waals surface area contributed by atoms with Crippen LogP contribution in [-0.4, -0.2) is 13.2 Å². The van der Waals surface area contributed by atoms with Crippen molar-refractivity contribution in [2.45, 2.75) is 65.2 Å². The topological polar surface area (TPSA) is 21.3 Å². The van der Waals surface area contributed by atoms with E-state index >= 15 is 0 Å². The standard InChI is InChI=1S/C18H31NO/c1-3-5-7-9-15-19-17-11-13-18(14-12-17)20-16-10-8-6-4-2/h11-14,19H,3-10,15-16H2,1-2H3. The van der Waals surface area contributed by atoms with Crippen LogP contribution in [0.5, 0.6) is 5.75 Å². The summed E-state index contributed by atoms with van der Waals surface area (Å²) in [7, 11) is 0. The molecule has 0 aliphatic heterocycles. The van der Waals surface area contributed by atoms with Crippen molar-refractivity contribution in [1.82, 2.24) is 0 Å². The summed E-state index contributed by atoms with van der Waals surface area (Å²) in [6.07, 6.45) is 10.2. The van der Waals surface area contributed by atoms with Gasteiger partial charge in [-0.2, -0.15) is 0 Å². The monoisotopic (exact) mass is 277 g/mol. The Hall–Kier alpha value is -1.18. The highest BCUT2D eigenvalue weighted by atomic mass is 16.5. The number of hydrogen-bond acceptors (Lipinski definition) is 2. The van der Waals surface area contributed by atoms with Crippen LogP contribution < -0.4 is 10.1 Å². The van der Waals surface area contributed by atoms with Gasteiger partial charge in [0.2, 0.25) is 0 Å². The molecule has 0 aliphatic carbocycles. The molecule has 0 saturated carbocycles.